The lowest BCUT2D eigenvalue weighted by atomic mass is 10.2. The van der Waals surface area contributed by atoms with E-state index in [9.17, 15) is 4.39 Å². The molecular weight excluding hydrogens is 103 g/mol. The van der Waals surface area contributed by atoms with Gasteiger partial charge in [-0.1, -0.05) is 39.5 Å². The van der Waals surface area contributed by atoms with Gasteiger partial charge >= 0.3 is 0 Å². The molecule has 0 bridgehead atoms. The van der Waals surface area contributed by atoms with E-state index < -0.39 is 0 Å². The first kappa shape index (κ1) is 10.8. The number of rotatable bonds is 3. The van der Waals surface area contributed by atoms with Crippen LogP contribution in [0.2, 0.25) is 0 Å². The Balaban J connectivity index is 0. The van der Waals surface area contributed by atoms with Crippen molar-refractivity contribution in [1.82, 2.24) is 0 Å². The second-order valence-corrected chi connectivity index (χ2v) is 1.71. The van der Waals surface area contributed by atoms with Crippen LogP contribution in [0.5, 0.6) is 0 Å². The Morgan fingerprint density at radius 1 is 0.875 bits per heavy atom. The Labute approximate surface area is 52.1 Å². The fourth-order valence-corrected chi connectivity index (χ4v) is 0.500. The molecule has 0 aliphatic heterocycles. The number of alkyl halides is 1. The lowest BCUT2D eigenvalue weighted by Gasteiger charge is -1.86. The largest absolute Gasteiger partial charge is 0.255 e. The summed E-state index contributed by atoms with van der Waals surface area (Å²) in [6.45, 7) is 4.46. The highest BCUT2D eigenvalue weighted by Crippen LogP contribution is 1.95. The van der Waals surface area contributed by atoms with Gasteiger partial charge in [-0.3, -0.25) is 4.39 Å². The van der Waals surface area contributed by atoms with Crippen LogP contribution in [-0.4, -0.2) is 7.18 Å². The van der Waals surface area contributed by atoms with Crippen molar-refractivity contribution in [2.75, 3.05) is 7.18 Å². The van der Waals surface area contributed by atoms with Crippen molar-refractivity contribution in [3.63, 3.8) is 0 Å². The van der Waals surface area contributed by atoms with Crippen LogP contribution in [0, 0.1) is 0 Å². The molecule has 0 aromatic heterocycles. The van der Waals surface area contributed by atoms with Crippen LogP contribution < -0.4 is 0 Å². The molecule has 0 spiro atoms. The molecule has 0 amide bonds. The monoisotopic (exact) mass is 120 g/mol. The highest BCUT2D eigenvalue weighted by Gasteiger charge is 1.75. The maximum absolute atomic E-state index is 9.50. The number of halogens is 1. The smallest absolute Gasteiger partial charge is 0.0785 e. The Bertz CT molecular complexity index is 16.3. The topological polar surface area (TPSA) is 0 Å². The minimum atomic E-state index is 0.500. The fourth-order valence-electron chi connectivity index (χ4n) is 0.500. The van der Waals surface area contributed by atoms with E-state index >= 15 is 0 Å². The lowest BCUT2D eigenvalue weighted by Crippen LogP contribution is -1.66. The van der Waals surface area contributed by atoms with Crippen LogP contribution in [0.15, 0.2) is 0 Å². The van der Waals surface area contributed by atoms with E-state index in [4.69, 9.17) is 0 Å². The molecule has 0 aromatic carbocycles. The molecule has 0 saturated carbocycles. The normalized spacial score (nSPS) is 7.50. The molecular formula is C7H17F. The fraction of sp³-hybridized carbons (Fsp3) is 1.00. The quantitative estimate of drug-likeness (QED) is 0.502. The third-order valence-electron chi connectivity index (χ3n) is 0.957. The zero-order valence-corrected chi connectivity index (χ0v) is 6.21. The molecule has 8 heavy (non-hydrogen) atoms. The Hall–Kier alpha value is -0.0700. The average Bonchev–Trinajstić information content (AvgIpc) is 1.88. The average molecular weight is 120 g/mol. The van der Waals surface area contributed by atoms with E-state index in [0.717, 1.165) is 0 Å². The zero-order valence-electron chi connectivity index (χ0n) is 6.21. The lowest BCUT2D eigenvalue weighted by molar-refractivity contribution is 0.636. The molecule has 0 fully saturated rings. The third-order valence-corrected chi connectivity index (χ3v) is 0.957. The third kappa shape index (κ3) is 16.8. The molecule has 0 atom stereocenters. The Morgan fingerprint density at radius 3 is 1.25 bits per heavy atom. The molecule has 0 aliphatic rings. The van der Waals surface area contributed by atoms with E-state index in [1.54, 1.807) is 0 Å². The first-order valence-corrected chi connectivity index (χ1v) is 3.29. The Morgan fingerprint density at radius 2 is 1.12 bits per heavy atom. The molecule has 0 aliphatic carbocycles. The summed E-state index contributed by atoms with van der Waals surface area (Å²) in [6, 6.07) is 0. The van der Waals surface area contributed by atoms with E-state index in [0.29, 0.717) is 7.18 Å². The summed E-state index contributed by atoms with van der Waals surface area (Å²) in [5.74, 6) is 0. The van der Waals surface area contributed by atoms with Gasteiger partial charge in [0.05, 0.1) is 7.18 Å². The highest BCUT2D eigenvalue weighted by molar-refractivity contribution is 4.31. The molecule has 0 unspecified atom stereocenters. The second-order valence-electron chi connectivity index (χ2n) is 1.71. The van der Waals surface area contributed by atoms with Crippen molar-refractivity contribution in [3.05, 3.63) is 0 Å². The van der Waals surface area contributed by atoms with E-state index in [2.05, 4.69) is 13.8 Å². The molecule has 0 radical (unpaired) electrons. The molecule has 0 saturated heterocycles. The van der Waals surface area contributed by atoms with Crippen LogP contribution >= 0.6 is 0 Å². The summed E-state index contributed by atoms with van der Waals surface area (Å²) < 4.78 is 9.50. The van der Waals surface area contributed by atoms with Crippen LogP contribution in [0.1, 0.15) is 39.5 Å². The molecule has 0 nitrogen and oxygen atoms in total. The van der Waals surface area contributed by atoms with E-state index in [1.807, 2.05) is 0 Å². The first-order chi connectivity index (χ1) is 3.91. The maximum atomic E-state index is 9.50. The number of hydrogen-bond donors (Lipinski definition) is 0. The first-order valence-electron chi connectivity index (χ1n) is 3.29. The predicted octanol–water partition coefficient (Wildman–Crippen LogP) is 3.17. The molecule has 0 N–H and O–H groups in total. The van der Waals surface area contributed by atoms with Crippen molar-refractivity contribution >= 4 is 0 Å². The van der Waals surface area contributed by atoms with Gasteiger partial charge in [0.25, 0.3) is 0 Å². The zero-order chi connectivity index (χ0) is 6.83. The summed E-state index contributed by atoms with van der Waals surface area (Å²) in [7, 11) is 0.500. The van der Waals surface area contributed by atoms with Gasteiger partial charge in [0.2, 0.25) is 0 Å². The molecule has 52 valence electrons. The van der Waals surface area contributed by atoms with Gasteiger partial charge in [-0.05, 0) is 0 Å². The Kier molecular flexibility index (Phi) is 21.4. The van der Waals surface area contributed by atoms with Gasteiger partial charge in [0, 0.05) is 0 Å². The van der Waals surface area contributed by atoms with Crippen molar-refractivity contribution in [2.45, 2.75) is 39.5 Å². The van der Waals surface area contributed by atoms with Gasteiger partial charge in [-0.2, -0.15) is 0 Å². The van der Waals surface area contributed by atoms with Crippen LogP contribution in [-0.2, 0) is 0 Å². The van der Waals surface area contributed by atoms with Crippen LogP contribution in [0.3, 0.4) is 0 Å². The minimum Gasteiger partial charge on any atom is -0.255 e. The van der Waals surface area contributed by atoms with Gasteiger partial charge in [0.15, 0.2) is 0 Å². The van der Waals surface area contributed by atoms with Crippen LogP contribution in [0.25, 0.3) is 0 Å². The molecule has 1 heteroatoms. The summed E-state index contributed by atoms with van der Waals surface area (Å²) >= 11 is 0. The number of unbranched alkanes of at least 4 members (excludes halogenated alkanes) is 3. The second kappa shape index (κ2) is 15.8. The van der Waals surface area contributed by atoms with Gasteiger partial charge < -0.3 is 0 Å². The molecule has 0 heterocycles. The molecule has 0 rings (SSSR count). The SMILES string of the molecule is CCCCCC.CF. The van der Waals surface area contributed by atoms with Crippen molar-refractivity contribution < 1.29 is 4.39 Å². The minimum absolute atomic E-state index is 0.500. The number of hydrogen-bond acceptors (Lipinski definition) is 0. The molecule has 0 aromatic rings. The highest BCUT2D eigenvalue weighted by atomic mass is 19.1. The summed E-state index contributed by atoms with van der Waals surface area (Å²) in [5.41, 5.74) is 0. The van der Waals surface area contributed by atoms with Crippen molar-refractivity contribution in [1.29, 1.82) is 0 Å². The van der Waals surface area contributed by atoms with Crippen molar-refractivity contribution in [3.8, 4) is 0 Å². The maximum Gasteiger partial charge on any atom is 0.0785 e. The summed E-state index contributed by atoms with van der Waals surface area (Å²) in [6.07, 6.45) is 5.54. The van der Waals surface area contributed by atoms with Crippen LogP contribution in [0.4, 0.5) is 4.39 Å². The summed E-state index contributed by atoms with van der Waals surface area (Å²) in [5, 5.41) is 0. The van der Waals surface area contributed by atoms with E-state index in [-0.39, 0.29) is 0 Å². The van der Waals surface area contributed by atoms with Crippen molar-refractivity contribution in [2.24, 2.45) is 0 Å². The van der Waals surface area contributed by atoms with Gasteiger partial charge in [-0.15, -0.1) is 0 Å². The van der Waals surface area contributed by atoms with Gasteiger partial charge in [-0.25, -0.2) is 0 Å². The predicted molar refractivity (Wildman–Crippen MR) is 36.8 cm³/mol. The van der Waals surface area contributed by atoms with E-state index in [1.165, 1.54) is 25.7 Å². The van der Waals surface area contributed by atoms with Gasteiger partial charge in [0.1, 0.15) is 0 Å². The summed E-state index contributed by atoms with van der Waals surface area (Å²) in [4.78, 5) is 0. The standard InChI is InChI=1S/C6H14.CH3F/c1-3-5-6-4-2;1-2/h3-6H2,1-2H3;1H3.